The summed E-state index contributed by atoms with van der Waals surface area (Å²) < 4.78 is 22.8. The van der Waals surface area contributed by atoms with Gasteiger partial charge in [-0.3, -0.25) is 19.7 Å². The monoisotopic (exact) mass is 1690 g/mol. The number of aromatic nitrogens is 7. The third kappa shape index (κ3) is 13.8. The van der Waals surface area contributed by atoms with Crippen LogP contribution in [-0.4, -0.2) is 100 Å². The maximum atomic E-state index is 13.7. The third-order valence-electron chi connectivity index (χ3n) is 28.6. The van der Waals surface area contributed by atoms with Gasteiger partial charge in [0, 0.05) is 120 Å². The first-order valence-electron chi connectivity index (χ1n) is 44.7. The van der Waals surface area contributed by atoms with Gasteiger partial charge in [0.2, 0.25) is 0 Å². The van der Waals surface area contributed by atoms with Crippen LogP contribution in [-0.2, 0) is 0 Å². The Morgan fingerprint density at radius 3 is 1.21 bits per heavy atom. The molecule has 0 unspecified atom stereocenters. The van der Waals surface area contributed by atoms with Gasteiger partial charge in [-0.15, -0.1) is 11.3 Å². The van der Waals surface area contributed by atoms with Crippen LogP contribution < -0.4 is 29.7 Å². The predicted molar refractivity (Wildman–Crippen MR) is 507 cm³/mol. The number of hydrogen-bond acceptors (Lipinski definition) is 16. The smallest absolute Gasteiger partial charge is 0.257 e. The molecule has 3 aliphatic carbocycles. The molecule has 5 aromatic heterocycles. The first-order valence-corrected chi connectivity index (χ1v) is 46.3. The third-order valence-corrected chi connectivity index (χ3v) is 30.6. The number of amides is 3. The second-order valence-electron chi connectivity index (χ2n) is 37.9. The van der Waals surface area contributed by atoms with Crippen molar-refractivity contribution in [2.75, 3.05) is 41.7 Å². The molecule has 17 aromatic rings. The highest BCUT2D eigenvalue weighted by molar-refractivity contribution is 7.23. The topological polar surface area (TPSA) is 200 Å². The summed E-state index contributed by atoms with van der Waals surface area (Å²) >= 11 is 3.05. The van der Waals surface area contributed by atoms with Crippen LogP contribution in [0.5, 0.6) is 17.2 Å². The summed E-state index contributed by atoms with van der Waals surface area (Å²) in [5, 5.41) is 15.0. The van der Waals surface area contributed by atoms with Crippen LogP contribution in [0.4, 0.5) is 15.8 Å². The number of thiophene rings is 1. The zero-order chi connectivity index (χ0) is 85.1. The number of thiazole rings is 1. The molecule has 24 rings (SSSR count). The molecule has 3 amide bonds. The van der Waals surface area contributed by atoms with E-state index in [0.29, 0.717) is 93.7 Å². The van der Waals surface area contributed by atoms with Gasteiger partial charge in [-0.2, -0.15) is 0 Å². The largest absolute Gasteiger partial charge is 0.487 e. The molecule has 125 heavy (non-hydrogen) atoms. The van der Waals surface area contributed by atoms with Crippen LogP contribution in [0.25, 0.3) is 119 Å². The summed E-state index contributed by atoms with van der Waals surface area (Å²) in [6.07, 6.45) is 10.5. The van der Waals surface area contributed by atoms with E-state index in [1.165, 1.54) is 53.0 Å². The van der Waals surface area contributed by atoms with Crippen molar-refractivity contribution < 1.29 is 28.6 Å². The van der Waals surface area contributed by atoms with Crippen LogP contribution in [0, 0.1) is 35.5 Å². The van der Waals surface area contributed by atoms with Crippen LogP contribution in [0.1, 0.15) is 186 Å². The number of nitrogens with one attached hydrogen (secondary N) is 2. The number of hydrogen-bond donors (Lipinski definition) is 2. The molecule has 4 fully saturated rings. The average Bonchev–Trinajstić information content (AvgIpc) is 0.970. The molecule has 12 aromatic carbocycles. The van der Waals surface area contributed by atoms with Gasteiger partial charge in [-0.05, 0) is 212 Å². The number of rotatable bonds is 6. The first-order chi connectivity index (χ1) is 60.6. The lowest BCUT2D eigenvalue weighted by molar-refractivity contribution is -0.0118. The van der Waals surface area contributed by atoms with Gasteiger partial charge >= 0.3 is 0 Å². The fraction of sp³-hybridized carbons (Fsp3) is 0.321. The lowest BCUT2D eigenvalue weighted by Crippen LogP contribution is -2.48. The second-order valence-corrected chi connectivity index (χ2v) is 40.0. The van der Waals surface area contributed by atoms with Crippen LogP contribution in [0.15, 0.2) is 212 Å². The van der Waals surface area contributed by atoms with Gasteiger partial charge in [-0.25, -0.2) is 34.9 Å². The molecule has 17 nitrogen and oxygen atoms in total. The number of carbonyl (C=O) groups is 3. The summed E-state index contributed by atoms with van der Waals surface area (Å²) in [5.74, 6) is 6.95. The van der Waals surface area contributed by atoms with Crippen molar-refractivity contribution in [1.29, 1.82) is 0 Å². The standard InChI is InChI=1S/C37H38N4O2.C35H31N3O2S.C34H30N4O2S/c1-23-13-15-29-28(21-23)32-34-33(26-11-7-8-12-27(26)35(32)43-37(29,2)3)38-30-16-14-24(22-31(30)39-34)36(42)41-19-17-40(18-20-41)25-9-5-4-6-10-25;1-19-12-14-25-24(16-19)30-32-31(22-9-5-6-10-23(22)33(30)40-35(25,2)3)36-26-15-13-21(17-27(26)37-32)34(39)38-29-18-20-8-4-7-11-28(20)41-29;1-18-12-14-23-22(16-18)28-30-29(20-8-4-5-9-21(20)31(28)40-34(23,2)3)36-26-17-19(13-15-24(26)35-30)32(39)38-33-37-25-10-6-7-11-27(25)41-33/h4-12,14,16,22-23,28-29H,13,15,17-21H2,1-3H3;4-11,13,15,17-19,24-25H,12,14,16H2,1-3H3,(H,38,39);4-11,13,15,17-18,22-23H,12,14,16H2,1-3H3,(H,37,38,39)/t23-,28-,29-;19-,24-,25-;18-,22-,23-/m000/s1. The van der Waals surface area contributed by atoms with E-state index in [1.807, 2.05) is 114 Å². The van der Waals surface area contributed by atoms with Crippen LogP contribution in [0.2, 0.25) is 0 Å². The Hall–Kier alpha value is -12.3. The first kappa shape index (κ1) is 78.6. The summed E-state index contributed by atoms with van der Waals surface area (Å²) in [4.78, 5) is 80.5. The molecule has 0 bridgehead atoms. The Labute approximate surface area is 733 Å². The Morgan fingerprint density at radius 1 is 0.360 bits per heavy atom. The minimum atomic E-state index is -0.254. The molecule has 9 heterocycles. The van der Waals surface area contributed by atoms with Crippen molar-refractivity contribution in [2.45, 2.75) is 155 Å². The predicted octanol–water partition coefficient (Wildman–Crippen LogP) is 25.2. The van der Waals surface area contributed by atoms with Crippen molar-refractivity contribution in [2.24, 2.45) is 35.5 Å². The van der Waals surface area contributed by atoms with Gasteiger partial charge < -0.3 is 29.3 Å². The highest BCUT2D eigenvalue weighted by atomic mass is 32.1. The van der Waals surface area contributed by atoms with Crippen molar-refractivity contribution in [3.63, 3.8) is 0 Å². The molecule has 2 N–H and O–H groups in total. The molecule has 626 valence electrons. The SMILES string of the molecule is C[C@H]1CC[C@H]2[C@H](C1)c1c(c3ccccc3c3nc4cc(C(=O)Nc5nc6ccccc6s5)ccc4nc13)OC2(C)C.C[C@H]1CC[C@H]2[C@H](C1)c1c(c3ccccc3c3nc4ccc(C(=O)N5CCN(c6ccccc6)CC5)cc4nc13)OC2(C)C.C[C@H]1CC[C@H]2[C@H](C1)c1c(c3ccccc3c3nc4ccc(C(=O)Nc5cc6ccccc6s5)cc4nc13)OC2(C)C. The maximum absolute atomic E-state index is 13.7. The zero-order valence-electron chi connectivity index (χ0n) is 71.9. The number of anilines is 3. The highest BCUT2D eigenvalue weighted by Gasteiger charge is 2.51. The van der Waals surface area contributed by atoms with Crippen LogP contribution >= 0.6 is 22.7 Å². The molecule has 0 spiro atoms. The van der Waals surface area contributed by atoms with Crippen molar-refractivity contribution >= 4 is 175 Å². The Morgan fingerprint density at radius 2 is 0.744 bits per heavy atom. The van der Waals surface area contributed by atoms with E-state index in [2.05, 4.69) is 186 Å². The molecule has 3 saturated carbocycles. The fourth-order valence-electron chi connectivity index (χ4n) is 22.4. The lowest BCUT2D eigenvalue weighted by Gasteiger charge is -2.49. The highest BCUT2D eigenvalue weighted by Crippen LogP contribution is 2.61. The summed E-state index contributed by atoms with van der Waals surface area (Å²) in [7, 11) is 0. The number of para-hydroxylation sites is 2. The van der Waals surface area contributed by atoms with Gasteiger partial charge in [0.25, 0.3) is 17.7 Å². The Bertz CT molecular complexity index is 7240. The van der Waals surface area contributed by atoms with Crippen molar-refractivity contribution in [1.82, 2.24) is 39.8 Å². The van der Waals surface area contributed by atoms with Gasteiger partial charge in [0.15, 0.2) is 5.13 Å². The number of ether oxygens (including phenoxy) is 3. The normalized spacial score (nSPS) is 22.1. The Balaban J connectivity index is 0.000000111. The van der Waals surface area contributed by atoms with E-state index in [-0.39, 0.29) is 34.5 Å². The number of benzene rings is 12. The summed E-state index contributed by atoms with van der Waals surface area (Å²) in [6, 6.07) is 70.8. The van der Waals surface area contributed by atoms with Crippen LogP contribution in [0.3, 0.4) is 0 Å². The summed E-state index contributed by atoms with van der Waals surface area (Å²) in [5.41, 5.74) is 16.8. The fourth-order valence-corrected chi connectivity index (χ4v) is 24.2. The van der Waals surface area contributed by atoms with E-state index in [4.69, 9.17) is 44.1 Å². The second kappa shape index (κ2) is 30.5. The molecular weight excluding hydrogens is 1590 g/mol. The van der Waals surface area contributed by atoms with Gasteiger partial charge in [0.1, 0.15) is 34.1 Å². The number of piperazine rings is 1. The number of carbonyl (C=O) groups excluding carboxylic acids is 3. The number of fused-ring (bicyclic) bond motifs is 29. The van der Waals surface area contributed by atoms with E-state index in [0.717, 1.165) is 187 Å². The minimum absolute atomic E-state index is 0.0586. The van der Waals surface area contributed by atoms with Crippen molar-refractivity contribution in [3.8, 4) is 17.2 Å². The zero-order valence-corrected chi connectivity index (χ0v) is 73.5. The molecule has 0 radical (unpaired) electrons. The minimum Gasteiger partial charge on any atom is -0.487 e. The van der Waals surface area contributed by atoms with Gasteiger partial charge in [0.05, 0.1) is 81.4 Å². The lowest BCUT2D eigenvalue weighted by atomic mass is 9.64. The molecule has 9 atom stereocenters. The molecule has 1 saturated heterocycles. The van der Waals surface area contributed by atoms with E-state index >= 15 is 0 Å². The molecular formula is C106H99N11O6S2. The molecule has 4 aliphatic heterocycles. The van der Waals surface area contributed by atoms with E-state index in [1.54, 1.807) is 11.3 Å². The quantitative estimate of drug-likeness (QED) is 0.118. The van der Waals surface area contributed by atoms with E-state index < -0.39 is 0 Å². The van der Waals surface area contributed by atoms with E-state index in [9.17, 15) is 14.4 Å². The maximum Gasteiger partial charge on any atom is 0.257 e. The molecule has 7 aliphatic rings. The average molecular weight is 1690 g/mol. The summed E-state index contributed by atoms with van der Waals surface area (Å²) in [6.45, 7) is 23.6. The van der Waals surface area contributed by atoms with Crippen molar-refractivity contribution in [3.05, 3.63) is 246 Å². The Kier molecular flexibility index (Phi) is 19.2. The number of nitrogens with zero attached hydrogens (tertiary/aromatic N) is 9. The van der Waals surface area contributed by atoms with Gasteiger partial charge in [-0.1, -0.05) is 173 Å². The molecule has 19 heteroatoms.